The SMILES string of the molecule is O=C(O)CC1(NC(=O)C2(CNC(=O)OCC3c4ccccc4-c4ccccc43)CCCOC2)CC1. The predicted molar refractivity (Wildman–Crippen MR) is 128 cm³/mol. The van der Waals surface area contributed by atoms with Gasteiger partial charge in [0.15, 0.2) is 0 Å². The molecular formula is C27H30N2O6. The number of amides is 2. The molecule has 35 heavy (non-hydrogen) atoms. The van der Waals surface area contributed by atoms with E-state index in [2.05, 4.69) is 34.9 Å². The van der Waals surface area contributed by atoms with E-state index in [-0.39, 0.29) is 38.0 Å². The highest BCUT2D eigenvalue weighted by molar-refractivity contribution is 5.86. The van der Waals surface area contributed by atoms with Crippen molar-refractivity contribution in [2.24, 2.45) is 5.41 Å². The maximum atomic E-state index is 13.2. The molecule has 184 valence electrons. The van der Waals surface area contributed by atoms with Crippen molar-refractivity contribution in [2.75, 3.05) is 26.4 Å². The highest BCUT2D eigenvalue weighted by atomic mass is 16.5. The van der Waals surface area contributed by atoms with E-state index in [1.54, 1.807) is 0 Å². The molecule has 2 fully saturated rings. The smallest absolute Gasteiger partial charge is 0.407 e. The quantitative estimate of drug-likeness (QED) is 0.536. The molecule has 0 bridgehead atoms. The van der Waals surface area contributed by atoms with Crippen LogP contribution in [0.25, 0.3) is 11.1 Å². The molecule has 1 heterocycles. The van der Waals surface area contributed by atoms with Gasteiger partial charge < -0.3 is 25.2 Å². The molecule has 3 N–H and O–H groups in total. The minimum atomic E-state index is -0.947. The summed E-state index contributed by atoms with van der Waals surface area (Å²) in [5, 5.41) is 14.9. The molecule has 2 amide bonds. The molecule has 1 atom stereocenters. The van der Waals surface area contributed by atoms with Crippen molar-refractivity contribution < 1.29 is 29.0 Å². The lowest BCUT2D eigenvalue weighted by atomic mass is 9.81. The first kappa shape index (κ1) is 23.4. The molecule has 5 rings (SSSR count). The number of fused-ring (bicyclic) bond motifs is 3. The molecule has 8 nitrogen and oxygen atoms in total. The van der Waals surface area contributed by atoms with Crippen molar-refractivity contribution in [3.8, 4) is 11.1 Å². The summed E-state index contributed by atoms with van der Waals surface area (Å²) in [4.78, 5) is 37.1. The Balaban J connectivity index is 1.22. The Morgan fingerprint density at radius 1 is 1.00 bits per heavy atom. The Morgan fingerprint density at radius 2 is 1.66 bits per heavy atom. The van der Waals surface area contributed by atoms with Crippen LogP contribution in [-0.4, -0.2) is 55.0 Å². The van der Waals surface area contributed by atoms with Gasteiger partial charge in [-0.15, -0.1) is 0 Å². The molecular weight excluding hydrogens is 448 g/mol. The molecule has 0 radical (unpaired) electrons. The zero-order valence-electron chi connectivity index (χ0n) is 19.5. The maximum Gasteiger partial charge on any atom is 0.407 e. The van der Waals surface area contributed by atoms with E-state index in [4.69, 9.17) is 9.47 Å². The molecule has 2 aliphatic carbocycles. The number of ether oxygens (including phenoxy) is 2. The second kappa shape index (κ2) is 9.34. The van der Waals surface area contributed by atoms with E-state index in [0.29, 0.717) is 32.3 Å². The molecule has 1 aliphatic heterocycles. The minimum Gasteiger partial charge on any atom is -0.481 e. The highest BCUT2D eigenvalue weighted by Crippen LogP contribution is 2.44. The van der Waals surface area contributed by atoms with Crippen molar-refractivity contribution in [2.45, 2.75) is 43.6 Å². The first-order valence-electron chi connectivity index (χ1n) is 12.1. The molecule has 0 spiro atoms. The fraction of sp³-hybridized carbons (Fsp3) is 0.444. The zero-order chi connectivity index (χ0) is 24.5. The highest BCUT2D eigenvalue weighted by Gasteiger charge is 2.50. The molecule has 1 saturated heterocycles. The van der Waals surface area contributed by atoms with Crippen LogP contribution in [0.2, 0.25) is 0 Å². The molecule has 8 heteroatoms. The number of carboxylic acid groups (broad SMARTS) is 1. The number of hydrogen-bond acceptors (Lipinski definition) is 5. The van der Waals surface area contributed by atoms with Crippen LogP contribution in [0.1, 0.15) is 49.1 Å². The summed E-state index contributed by atoms with van der Waals surface area (Å²) in [5.41, 5.74) is 2.94. The van der Waals surface area contributed by atoms with Crippen LogP contribution in [0.15, 0.2) is 48.5 Å². The number of nitrogens with one attached hydrogen (secondary N) is 2. The van der Waals surface area contributed by atoms with Crippen molar-refractivity contribution in [3.05, 3.63) is 59.7 Å². The van der Waals surface area contributed by atoms with Gasteiger partial charge in [0.1, 0.15) is 6.61 Å². The summed E-state index contributed by atoms with van der Waals surface area (Å²) in [7, 11) is 0. The van der Waals surface area contributed by atoms with Gasteiger partial charge in [0.25, 0.3) is 0 Å². The Kier molecular flexibility index (Phi) is 6.23. The van der Waals surface area contributed by atoms with Crippen LogP contribution in [0, 0.1) is 5.41 Å². The van der Waals surface area contributed by atoms with Crippen molar-refractivity contribution >= 4 is 18.0 Å². The first-order valence-corrected chi connectivity index (χ1v) is 12.1. The summed E-state index contributed by atoms with van der Waals surface area (Å²) < 4.78 is 11.2. The van der Waals surface area contributed by atoms with Gasteiger partial charge in [0.05, 0.1) is 24.0 Å². The first-order chi connectivity index (χ1) is 16.9. The number of rotatable bonds is 8. The number of hydrogen-bond donors (Lipinski definition) is 3. The molecule has 1 saturated carbocycles. The van der Waals surface area contributed by atoms with Crippen molar-refractivity contribution in [1.82, 2.24) is 10.6 Å². The topological polar surface area (TPSA) is 114 Å². The largest absolute Gasteiger partial charge is 0.481 e. The van der Waals surface area contributed by atoms with Gasteiger partial charge in [-0.25, -0.2) is 4.79 Å². The van der Waals surface area contributed by atoms with Gasteiger partial charge in [-0.3, -0.25) is 9.59 Å². The third kappa shape index (κ3) is 4.75. The maximum absolute atomic E-state index is 13.2. The van der Waals surface area contributed by atoms with Gasteiger partial charge >= 0.3 is 12.1 Å². The third-order valence-electron chi connectivity index (χ3n) is 7.44. The molecule has 2 aromatic carbocycles. The molecule has 1 unspecified atom stereocenters. The monoisotopic (exact) mass is 478 g/mol. The van der Waals surface area contributed by atoms with E-state index < -0.39 is 23.0 Å². The average Bonchev–Trinajstić information content (AvgIpc) is 3.53. The zero-order valence-corrected chi connectivity index (χ0v) is 19.5. The summed E-state index contributed by atoms with van der Waals surface area (Å²) in [6, 6.07) is 16.3. The molecule has 3 aliphatic rings. The average molecular weight is 479 g/mol. The lowest BCUT2D eigenvalue weighted by molar-refractivity contribution is -0.141. The van der Waals surface area contributed by atoms with Gasteiger partial charge in [0.2, 0.25) is 5.91 Å². The standard InChI is InChI=1S/C27H30N2O6/c30-23(31)14-27(11-12-27)29-24(32)26(10-5-13-34-17-26)16-28-25(33)35-15-22-20-8-3-1-6-18(20)19-7-2-4-9-21(19)22/h1-4,6-9,22H,5,10-17H2,(H,28,33)(H,29,32)(H,30,31). The van der Waals surface area contributed by atoms with E-state index in [9.17, 15) is 19.5 Å². The fourth-order valence-corrected chi connectivity index (χ4v) is 5.30. The number of alkyl carbamates (subject to hydrolysis) is 1. The number of aliphatic carboxylic acids is 1. The van der Waals surface area contributed by atoms with Gasteiger partial charge in [-0.05, 0) is 47.9 Å². The minimum absolute atomic E-state index is 0.0471. The van der Waals surface area contributed by atoms with E-state index in [1.807, 2.05) is 24.3 Å². The van der Waals surface area contributed by atoms with Gasteiger partial charge in [-0.1, -0.05) is 48.5 Å². The lowest BCUT2D eigenvalue weighted by Gasteiger charge is -2.36. The fourth-order valence-electron chi connectivity index (χ4n) is 5.30. The van der Waals surface area contributed by atoms with Crippen LogP contribution < -0.4 is 10.6 Å². The number of benzene rings is 2. The van der Waals surface area contributed by atoms with Crippen molar-refractivity contribution in [3.63, 3.8) is 0 Å². The summed E-state index contributed by atoms with van der Waals surface area (Å²) >= 11 is 0. The van der Waals surface area contributed by atoms with Crippen LogP contribution in [0.4, 0.5) is 4.79 Å². The van der Waals surface area contributed by atoms with Crippen LogP contribution in [-0.2, 0) is 19.1 Å². The Bertz CT molecular complexity index is 1090. The third-order valence-corrected chi connectivity index (χ3v) is 7.44. The molecule has 2 aromatic rings. The van der Waals surface area contributed by atoms with Crippen LogP contribution in [0.5, 0.6) is 0 Å². The number of carboxylic acids is 1. The lowest BCUT2D eigenvalue weighted by Crippen LogP contribution is -2.55. The second-order valence-electron chi connectivity index (χ2n) is 9.92. The Hall–Kier alpha value is -3.39. The number of carbonyl (C=O) groups is 3. The summed E-state index contributed by atoms with van der Waals surface area (Å²) in [6.45, 7) is 0.988. The normalized spacial score (nSPS) is 21.9. The van der Waals surface area contributed by atoms with Crippen LogP contribution in [0.3, 0.4) is 0 Å². The van der Waals surface area contributed by atoms with E-state index in [1.165, 1.54) is 0 Å². The summed E-state index contributed by atoms with van der Waals surface area (Å²) in [6.07, 6.45) is 1.83. The second-order valence-corrected chi connectivity index (χ2v) is 9.92. The predicted octanol–water partition coefficient (Wildman–Crippen LogP) is 3.45. The number of carbonyl (C=O) groups excluding carboxylic acids is 2. The molecule has 0 aromatic heterocycles. The van der Waals surface area contributed by atoms with E-state index >= 15 is 0 Å². The Morgan fingerprint density at radius 3 is 2.23 bits per heavy atom. The van der Waals surface area contributed by atoms with Gasteiger partial charge in [-0.2, -0.15) is 0 Å². The van der Waals surface area contributed by atoms with Gasteiger partial charge in [0, 0.05) is 19.1 Å². The summed E-state index contributed by atoms with van der Waals surface area (Å²) in [5.74, 6) is -1.25. The van der Waals surface area contributed by atoms with Crippen LogP contribution >= 0.6 is 0 Å². The Labute approximate surface area is 204 Å². The van der Waals surface area contributed by atoms with E-state index in [0.717, 1.165) is 22.3 Å². The van der Waals surface area contributed by atoms with Crippen molar-refractivity contribution in [1.29, 1.82) is 0 Å².